The van der Waals surface area contributed by atoms with Gasteiger partial charge in [0.15, 0.2) is 4.80 Å². The van der Waals surface area contributed by atoms with Crippen LogP contribution in [0.2, 0.25) is 0 Å². The number of hydrogen-bond donors (Lipinski definition) is 0. The molecule has 0 saturated carbocycles. The predicted molar refractivity (Wildman–Crippen MR) is 163 cm³/mol. The number of rotatable bonds is 8. The van der Waals surface area contributed by atoms with Crippen molar-refractivity contribution in [3.05, 3.63) is 124 Å². The van der Waals surface area contributed by atoms with E-state index >= 15 is 0 Å². The first-order valence-corrected chi connectivity index (χ1v) is 14.7. The average molecular weight is 645 g/mol. The molecular weight excluding hydrogens is 618 g/mol. The number of nitriles is 1. The lowest BCUT2D eigenvalue weighted by Gasteiger charge is -2.25. The van der Waals surface area contributed by atoms with Crippen molar-refractivity contribution in [2.24, 2.45) is 4.99 Å². The molecule has 0 aliphatic carbocycles. The summed E-state index contributed by atoms with van der Waals surface area (Å²) >= 11 is 4.81. The zero-order valence-electron chi connectivity index (χ0n) is 23.1. The summed E-state index contributed by atoms with van der Waals surface area (Å²) in [6.07, 6.45) is 1.78. The highest BCUT2D eigenvalue weighted by atomic mass is 79.9. The van der Waals surface area contributed by atoms with Gasteiger partial charge in [-0.05, 0) is 65.7 Å². The third-order valence-corrected chi connectivity index (χ3v) is 8.33. The predicted octanol–water partition coefficient (Wildman–Crippen LogP) is 5.02. The standard InChI is InChI=1S/C32H26BrN3O5S/c1-4-40-31(38)28-19(2)35-32-36(29(28)23-11-7-8-12-25(23)39-3)30(37)27(42-32)16-20-13-14-26(24(33)15-20)41-18-22-10-6-5-9-21(22)17-34/h5-16,29H,4,18H2,1-3H3. The van der Waals surface area contributed by atoms with Gasteiger partial charge in [-0.2, -0.15) is 5.26 Å². The van der Waals surface area contributed by atoms with Crippen molar-refractivity contribution in [1.29, 1.82) is 5.26 Å². The number of ether oxygens (including phenoxy) is 3. The molecule has 1 unspecified atom stereocenters. The Morgan fingerprint density at radius 2 is 1.90 bits per heavy atom. The van der Waals surface area contributed by atoms with Gasteiger partial charge in [0.05, 0.1) is 45.6 Å². The molecule has 0 N–H and O–H groups in total. The molecule has 10 heteroatoms. The number of benzene rings is 3. The molecule has 0 radical (unpaired) electrons. The number of fused-ring (bicyclic) bond motifs is 1. The summed E-state index contributed by atoms with van der Waals surface area (Å²) < 4.78 is 19.6. The van der Waals surface area contributed by atoms with Crippen molar-refractivity contribution in [3.63, 3.8) is 0 Å². The molecule has 1 aromatic heterocycles. The normalized spacial score (nSPS) is 14.5. The monoisotopic (exact) mass is 643 g/mol. The summed E-state index contributed by atoms with van der Waals surface area (Å²) in [6, 6.07) is 21.5. The second-order valence-corrected chi connectivity index (χ2v) is 11.2. The molecule has 3 aromatic carbocycles. The van der Waals surface area contributed by atoms with Gasteiger partial charge in [0.2, 0.25) is 0 Å². The van der Waals surface area contributed by atoms with Crippen molar-refractivity contribution in [2.45, 2.75) is 26.5 Å². The highest BCUT2D eigenvalue weighted by Crippen LogP contribution is 2.35. The minimum Gasteiger partial charge on any atom is -0.496 e. The lowest BCUT2D eigenvalue weighted by atomic mass is 9.95. The largest absolute Gasteiger partial charge is 0.496 e. The first kappa shape index (κ1) is 29.0. The molecule has 0 fully saturated rings. The zero-order valence-corrected chi connectivity index (χ0v) is 25.5. The number of thiazole rings is 1. The number of esters is 1. The molecule has 0 amide bonds. The summed E-state index contributed by atoms with van der Waals surface area (Å²) in [5, 5.41) is 9.33. The van der Waals surface area contributed by atoms with E-state index in [4.69, 9.17) is 14.2 Å². The molecule has 8 nitrogen and oxygen atoms in total. The maximum Gasteiger partial charge on any atom is 0.338 e. The van der Waals surface area contributed by atoms with Gasteiger partial charge in [0, 0.05) is 11.1 Å². The van der Waals surface area contributed by atoms with E-state index in [0.29, 0.717) is 47.7 Å². The van der Waals surface area contributed by atoms with E-state index in [-0.39, 0.29) is 18.8 Å². The molecular formula is C32H26BrN3O5S. The first-order chi connectivity index (χ1) is 20.4. The number of carbonyl (C=O) groups excluding carboxylic acids is 1. The zero-order chi connectivity index (χ0) is 29.8. The van der Waals surface area contributed by atoms with Gasteiger partial charge in [0.25, 0.3) is 5.56 Å². The summed E-state index contributed by atoms with van der Waals surface area (Å²) in [4.78, 5) is 32.1. The van der Waals surface area contributed by atoms with E-state index < -0.39 is 12.0 Å². The van der Waals surface area contributed by atoms with Gasteiger partial charge in [-0.15, -0.1) is 0 Å². The lowest BCUT2D eigenvalue weighted by molar-refractivity contribution is -0.139. The second-order valence-electron chi connectivity index (χ2n) is 9.29. The number of hydrogen-bond acceptors (Lipinski definition) is 8. The molecule has 5 rings (SSSR count). The van der Waals surface area contributed by atoms with Crippen LogP contribution in [0.25, 0.3) is 6.08 Å². The Balaban J connectivity index is 1.54. The van der Waals surface area contributed by atoms with Crippen molar-refractivity contribution in [3.8, 4) is 17.6 Å². The van der Waals surface area contributed by atoms with E-state index in [0.717, 1.165) is 11.1 Å². The van der Waals surface area contributed by atoms with Crippen molar-refractivity contribution < 1.29 is 19.0 Å². The molecule has 2 heterocycles. The Labute approximate surface area is 254 Å². The smallest absolute Gasteiger partial charge is 0.338 e. The van der Waals surface area contributed by atoms with E-state index in [2.05, 4.69) is 27.0 Å². The van der Waals surface area contributed by atoms with Crippen molar-refractivity contribution in [1.82, 2.24) is 4.57 Å². The first-order valence-electron chi connectivity index (χ1n) is 13.1. The molecule has 4 aromatic rings. The van der Waals surface area contributed by atoms with E-state index in [9.17, 15) is 14.9 Å². The number of aromatic nitrogens is 1. The fraction of sp³-hybridized carbons (Fsp3) is 0.188. The van der Waals surface area contributed by atoms with Crippen LogP contribution in [0.4, 0.5) is 0 Å². The van der Waals surface area contributed by atoms with E-state index in [1.807, 2.05) is 54.6 Å². The van der Waals surface area contributed by atoms with Crippen LogP contribution < -0.4 is 24.4 Å². The maximum atomic E-state index is 13.9. The molecule has 0 bridgehead atoms. The van der Waals surface area contributed by atoms with Crippen LogP contribution in [0.3, 0.4) is 0 Å². The second kappa shape index (κ2) is 12.6. The molecule has 0 saturated heterocycles. The third kappa shape index (κ3) is 5.66. The minimum atomic E-state index is -0.766. The van der Waals surface area contributed by atoms with Crippen LogP contribution in [0, 0.1) is 11.3 Å². The van der Waals surface area contributed by atoms with Crippen molar-refractivity contribution >= 4 is 39.3 Å². The fourth-order valence-corrected chi connectivity index (χ4v) is 6.32. The van der Waals surface area contributed by atoms with Gasteiger partial charge in [-0.25, -0.2) is 9.79 Å². The fourth-order valence-electron chi connectivity index (χ4n) is 4.76. The van der Waals surface area contributed by atoms with Gasteiger partial charge < -0.3 is 14.2 Å². The van der Waals surface area contributed by atoms with Crippen molar-refractivity contribution in [2.75, 3.05) is 13.7 Å². The van der Waals surface area contributed by atoms with Gasteiger partial charge in [0.1, 0.15) is 24.1 Å². The highest BCUT2D eigenvalue weighted by molar-refractivity contribution is 9.10. The summed E-state index contributed by atoms with van der Waals surface area (Å²) in [7, 11) is 1.55. The molecule has 212 valence electrons. The van der Waals surface area contributed by atoms with Crippen LogP contribution in [0.15, 0.2) is 92.3 Å². The topological polar surface area (TPSA) is 103 Å². The molecule has 1 atom stereocenters. The van der Waals surface area contributed by atoms with Gasteiger partial charge in [-0.1, -0.05) is 53.8 Å². The van der Waals surface area contributed by atoms with E-state index in [1.165, 1.54) is 15.9 Å². The SMILES string of the molecule is CCOC(=O)C1=C(C)N=c2sc(=Cc3ccc(OCc4ccccc4C#N)c(Br)c3)c(=O)n2C1c1ccccc1OC. The highest BCUT2D eigenvalue weighted by Gasteiger charge is 2.34. The number of carbonyl (C=O) groups is 1. The van der Waals surface area contributed by atoms with Crippen LogP contribution in [-0.4, -0.2) is 24.3 Å². The van der Waals surface area contributed by atoms with Crippen LogP contribution in [0.5, 0.6) is 11.5 Å². The Kier molecular flexibility index (Phi) is 8.71. The van der Waals surface area contributed by atoms with Gasteiger partial charge in [-0.3, -0.25) is 9.36 Å². The average Bonchev–Trinajstić information content (AvgIpc) is 3.29. The minimum absolute atomic E-state index is 0.193. The Hall–Kier alpha value is -4.46. The Morgan fingerprint density at radius 3 is 2.64 bits per heavy atom. The van der Waals surface area contributed by atoms with Crippen LogP contribution in [0.1, 0.15) is 42.1 Å². The summed E-state index contributed by atoms with van der Waals surface area (Å²) in [6.45, 7) is 3.92. The summed E-state index contributed by atoms with van der Waals surface area (Å²) in [5.41, 5.74) is 3.28. The molecule has 42 heavy (non-hydrogen) atoms. The lowest BCUT2D eigenvalue weighted by Crippen LogP contribution is -2.40. The number of methoxy groups -OCH3 is 1. The number of allylic oxidation sites excluding steroid dienone is 1. The maximum absolute atomic E-state index is 13.9. The Morgan fingerprint density at radius 1 is 1.14 bits per heavy atom. The number of halogens is 1. The summed E-state index contributed by atoms with van der Waals surface area (Å²) in [5.74, 6) is 0.624. The Bertz CT molecular complexity index is 1940. The van der Waals surface area contributed by atoms with Gasteiger partial charge >= 0.3 is 5.97 Å². The quantitative estimate of drug-likeness (QED) is 0.250. The number of nitrogens with zero attached hydrogens (tertiary/aromatic N) is 3. The van der Waals surface area contributed by atoms with Crippen LogP contribution in [-0.2, 0) is 16.1 Å². The molecule has 0 spiro atoms. The third-order valence-electron chi connectivity index (χ3n) is 6.73. The van der Waals surface area contributed by atoms with E-state index in [1.54, 1.807) is 39.2 Å². The molecule has 1 aliphatic rings. The molecule has 1 aliphatic heterocycles. The number of para-hydroxylation sites is 1. The van der Waals surface area contributed by atoms with Crippen LogP contribution >= 0.6 is 27.3 Å².